The molecule has 0 bridgehead atoms. The minimum absolute atomic E-state index is 0.153. The molecule has 25 heavy (non-hydrogen) atoms. The maximum Gasteiger partial charge on any atom is 0.261 e. The quantitative estimate of drug-likeness (QED) is 0.625. The molecule has 0 unspecified atom stereocenters. The van der Waals surface area contributed by atoms with Crippen LogP contribution in [0.4, 0.5) is 5.69 Å². The fourth-order valence-electron chi connectivity index (χ4n) is 1.87. The highest BCUT2D eigenvalue weighted by atomic mass is 35.7. The summed E-state index contributed by atoms with van der Waals surface area (Å²) >= 11 is 0. The van der Waals surface area contributed by atoms with Crippen molar-refractivity contribution in [2.75, 3.05) is 32.1 Å². The Morgan fingerprint density at radius 3 is 1.84 bits per heavy atom. The van der Waals surface area contributed by atoms with Crippen LogP contribution in [0.2, 0.25) is 0 Å². The van der Waals surface area contributed by atoms with Crippen molar-refractivity contribution in [3.8, 4) is 0 Å². The van der Waals surface area contributed by atoms with Crippen molar-refractivity contribution in [1.82, 2.24) is 0 Å². The molecule has 0 aromatic heterocycles. The maximum atomic E-state index is 11.5. The molecule has 0 atom stereocenters. The zero-order valence-electron chi connectivity index (χ0n) is 14.7. The monoisotopic (exact) mass is 383 g/mol. The van der Waals surface area contributed by atoms with Gasteiger partial charge in [0.25, 0.3) is 9.05 Å². The Kier molecular flexibility index (Phi) is 10.8. The highest BCUT2D eigenvalue weighted by molar-refractivity contribution is 8.14. The topological polar surface area (TPSA) is 89.4 Å². The lowest BCUT2D eigenvalue weighted by Gasteiger charge is -2.16. The van der Waals surface area contributed by atoms with Gasteiger partial charge in [-0.2, -0.15) is 0 Å². The lowest BCUT2D eigenvalue weighted by molar-refractivity contribution is 0.610. The van der Waals surface area contributed by atoms with Gasteiger partial charge < -0.3 is 16.4 Å². The summed E-state index contributed by atoms with van der Waals surface area (Å²) in [5.74, 6) is 0. The molecular weight excluding hydrogens is 358 g/mol. The minimum Gasteiger partial charge on any atom is -0.377 e. The van der Waals surface area contributed by atoms with Crippen molar-refractivity contribution in [1.29, 1.82) is 0 Å². The number of halogens is 1. The first-order chi connectivity index (χ1) is 11.7. The Morgan fingerprint density at radius 1 is 1.00 bits per heavy atom. The highest BCUT2D eigenvalue weighted by Crippen LogP contribution is 2.31. The molecule has 2 aromatic rings. The Labute approximate surface area is 155 Å². The number of anilines is 1. The number of rotatable bonds is 4. The van der Waals surface area contributed by atoms with Crippen LogP contribution in [0, 0.1) is 0 Å². The molecule has 0 radical (unpaired) electrons. The Hall–Kier alpha value is -1.86. The van der Waals surface area contributed by atoms with Crippen LogP contribution >= 0.6 is 10.7 Å². The molecule has 7 heteroatoms. The Morgan fingerprint density at radius 2 is 1.44 bits per heavy atom. The van der Waals surface area contributed by atoms with Gasteiger partial charge in [0.1, 0.15) is 0 Å². The fourth-order valence-corrected chi connectivity index (χ4v) is 2.95. The minimum atomic E-state index is -3.72. The highest BCUT2D eigenvalue weighted by Gasteiger charge is 2.15. The second kappa shape index (κ2) is 11.7. The molecule has 2 aromatic carbocycles. The van der Waals surface area contributed by atoms with Gasteiger partial charge in [-0.25, -0.2) is 8.42 Å². The van der Waals surface area contributed by atoms with Gasteiger partial charge in [0.15, 0.2) is 0 Å². The first kappa shape index (κ1) is 23.1. The normalized spacial score (nSPS) is 9.96. The second-order valence-corrected chi connectivity index (χ2v) is 7.54. The predicted octanol–water partition coefficient (Wildman–Crippen LogP) is 3.10. The summed E-state index contributed by atoms with van der Waals surface area (Å²) in [5, 5.41) is 1.52. The summed E-state index contributed by atoms with van der Waals surface area (Å²) in [6.07, 6.45) is 3.31. The van der Waals surface area contributed by atoms with Gasteiger partial charge >= 0.3 is 0 Å². The zero-order valence-corrected chi connectivity index (χ0v) is 16.2. The van der Waals surface area contributed by atoms with Gasteiger partial charge in [0.2, 0.25) is 0 Å². The van der Waals surface area contributed by atoms with Crippen molar-refractivity contribution in [2.45, 2.75) is 4.90 Å². The summed E-state index contributed by atoms with van der Waals surface area (Å²) in [7, 11) is 5.54. The van der Waals surface area contributed by atoms with Gasteiger partial charge in [-0.05, 0) is 12.1 Å². The number of nitrogens with two attached hydrogens (primary N) is 2. The molecule has 0 spiro atoms. The average Bonchev–Trinajstić information content (AvgIpc) is 2.60. The molecule has 0 aliphatic carbocycles. The largest absolute Gasteiger partial charge is 0.377 e. The summed E-state index contributed by atoms with van der Waals surface area (Å²) in [6, 6.07) is 10.6. The van der Waals surface area contributed by atoms with Gasteiger partial charge in [-0.15, -0.1) is 13.2 Å². The van der Waals surface area contributed by atoms with Crippen molar-refractivity contribution in [3.63, 3.8) is 0 Å². The first-order valence-electron chi connectivity index (χ1n) is 7.50. The number of nitrogens with zero attached hydrogens (tertiary/aromatic N) is 1. The van der Waals surface area contributed by atoms with Crippen LogP contribution in [0.3, 0.4) is 0 Å². The second-order valence-electron chi connectivity index (χ2n) is 5.01. The van der Waals surface area contributed by atoms with E-state index in [9.17, 15) is 8.42 Å². The molecule has 0 aliphatic heterocycles. The zero-order chi connectivity index (χ0) is 19.5. The van der Waals surface area contributed by atoms with E-state index in [0.717, 1.165) is 11.1 Å². The van der Waals surface area contributed by atoms with Crippen LogP contribution in [-0.4, -0.2) is 35.6 Å². The van der Waals surface area contributed by atoms with E-state index in [4.69, 9.17) is 22.1 Å². The predicted molar refractivity (Wildman–Crippen MR) is 110 cm³/mol. The third-order valence-corrected chi connectivity index (χ3v) is 4.32. The lowest BCUT2D eigenvalue weighted by atomic mass is 10.1. The standard InChI is InChI=1S/C12H12ClNO2S.2C3H7N/c1-14(2)11-7-3-6-10-9(11)5-4-8-12(10)17(13,15)16;2*1-2-3-4/h3-8H,1-2H3;2*2H,1,3-4H2. The van der Waals surface area contributed by atoms with E-state index in [1.807, 2.05) is 37.2 Å². The molecule has 0 saturated carbocycles. The number of benzene rings is 2. The van der Waals surface area contributed by atoms with Gasteiger partial charge in [0, 0.05) is 54.3 Å². The van der Waals surface area contributed by atoms with Gasteiger partial charge in [-0.1, -0.05) is 36.4 Å². The van der Waals surface area contributed by atoms with Crippen molar-refractivity contribution in [2.24, 2.45) is 11.5 Å². The third kappa shape index (κ3) is 7.70. The van der Waals surface area contributed by atoms with E-state index >= 15 is 0 Å². The fraction of sp³-hybridized carbons (Fsp3) is 0.222. The van der Waals surface area contributed by atoms with E-state index in [1.54, 1.807) is 24.3 Å². The molecule has 0 aliphatic rings. The Bertz CT molecular complexity index is 782. The molecule has 4 N–H and O–H groups in total. The number of hydrogen-bond acceptors (Lipinski definition) is 5. The van der Waals surface area contributed by atoms with E-state index in [2.05, 4.69) is 13.2 Å². The van der Waals surface area contributed by atoms with Crippen LogP contribution < -0.4 is 16.4 Å². The molecule has 0 heterocycles. The number of fused-ring (bicyclic) bond motifs is 1. The van der Waals surface area contributed by atoms with E-state index in [1.165, 1.54) is 6.07 Å². The van der Waals surface area contributed by atoms with Crippen molar-refractivity contribution in [3.05, 3.63) is 61.7 Å². The van der Waals surface area contributed by atoms with Gasteiger partial charge in [0.05, 0.1) is 4.90 Å². The molecule has 138 valence electrons. The SMILES string of the molecule is C=CCN.C=CCN.CN(C)c1cccc2c(S(=O)(=O)Cl)cccc12. The molecule has 0 saturated heterocycles. The average molecular weight is 384 g/mol. The molecular formula is C18H26ClN3O2S. The van der Waals surface area contributed by atoms with Crippen LogP contribution in [0.15, 0.2) is 66.6 Å². The van der Waals surface area contributed by atoms with E-state index in [0.29, 0.717) is 18.5 Å². The van der Waals surface area contributed by atoms with Crippen molar-refractivity contribution >= 4 is 36.2 Å². The molecule has 2 rings (SSSR count). The van der Waals surface area contributed by atoms with E-state index in [-0.39, 0.29) is 4.90 Å². The molecule has 0 fully saturated rings. The van der Waals surface area contributed by atoms with Crippen LogP contribution in [-0.2, 0) is 9.05 Å². The summed E-state index contributed by atoms with van der Waals surface area (Å²) in [5.41, 5.74) is 10.8. The lowest BCUT2D eigenvalue weighted by Crippen LogP contribution is -2.09. The van der Waals surface area contributed by atoms with Crippen molar-refractivity contribution < 1.29 is 8.42 Å². The summed E-state index contributed by atoms with van der Waals surface area (Å²) < 4.78 is 23.0. The molecule has 0 amide bonds. The van der Waals surface area contributed by atoms with Gasteiger partial charge in [-0.3, -0.25) is 0 Å². The van der Waals surface area contributed by atoms with Crippen LogP contribution in [0.1, 0.15) is 0 Å². The molecule has 5 nitrogen and oxygen atoms in total. The third-order valence-electron chi connectivity index (χ3n) is 2.94. The smallest absolute Gasteiger partial charge is 0.261 e. The maximum absolute atomic E-state index is 11.5. The first-order valence-corrected chi connectivity index (χ1v) is 9.81. The Balaban J connectivity index is 0.000000609. The number of hydrogen-bond donors (Lipinski definition) is 2. The van der Waals surface area contributed by atoms with Crippen LogP contribution in [0.5, 0.6) is 0 Å². The van der Waals surface area contributed by atoms with Crippen LogP contribution in [0.25, 0.3) is 10.8 Å². The summed E-state index contributed by atoms with van der Waals surface area (Å²) in [6.45, 7) is 7.87. The summed E-state index contributed by atoms with van der Waals surface area (Å²) in [4.78, 5) is 2.09. The van der Waals surface area contributed by atoms with E-state index < -0.39 is 9.05 Å².